The Bertz CT molecular complexity index is 905. The summed E-state index contributed by atoms with van der Waals surface area (Å²) in [5, 5.41) is 7.64. The Balaban J connectivity index is 1.83. The zero-order valence-corrected chi connectivity index (χ0v) is 20.4. The van der Waals surface area contributed by atoms with Gasteiger partial charge in [0.1, 0.15) is 0 Å². The number of aliphatic imine (C=N–C) groups is 1. The summed E-state index contributed by atoms with van der Waals surface area (Å²) < 4.78 is 0. The second-order valence-electron chi connectivity index (χ2n) is 9.48. The first-order chi connectivity index (χ1) is 15.8. The molecule has 2 aromatic carbocycles. The molecule has 2 heteroatoms. The van der Waals surface area contributed by atoms with Crippen molar-refractivity contribution in [1.29, 1.82) is 5.41 Å². The Labute approximate surface area is 196 Å². The number of benzene rings is 2. The molecular formula is C30H42N2. The van der Waals surface area contributed by atoms with Gasteiger partial charge in [-0.2, -0.15) is 4.99 Å². The van der Waals surface area contributed by atoms with E-state index in [-0.39, 0.29) is 0 Å². The maximum atomic E-state index is 7.64. The Morgan fingerprint density at radius 2 is 1.41 bits per heavy atom. The third-order valence-electron chi connectivity index (χ3n) is 7.03. The van der Waals surface area contributed by atoms with Crippen molar-refractivity contribution >= 4 is 11.7 Å². The number of nitrogens with one attached hydrogen (secondary N) is 1. The van der Waals surface area contributed by atoms with Gasteiger partial charge in [-0.05, 0) is 59.1 Å². The van der Waals surface area contributed by atoms with Gasteiger partial charge in [0.2, 0.25) is 0 Å². The van der Waals surface area contributed by atoms with Gasteiger partial charge in [-0.25, -0.2) is 5.41 Å². The predicted molar refractivity (Wildman–Crippen MR) is 139 cm³/mol. The summed E-state index contributed by atoms with van der Waals surface area (Å²) in [5.74, 6) is 0. The van der Waals surface area contributed by atoms with E-state index in [9.17, 15) is 0 Å². The van der Waals surface area contributed by atoms with Crippen LogP contribution < -0.4 is 0 Å². The molecule has 0 aliphatic heterocycles. The summed E-state index contributed by atoms with van der Waals surface area (Å²) >= 11 is 0. The summed E-state index contributed by atoms with van der Waals surface area (Å²) in [5.41, 5.74) is 9.36. The van der Waals surface area contributed by atoms with Gasteiger partial charge in [0, 0.05) is 6.42 Å². The average Bonchev–Trinajstić information content (AvgIpc) is 3.18. The normalized spacial score (nSPS) is 11.8. The van der Waals surface area contributed by atoms with Crippen LogP contribution >= 0.6 is 0 Å². The van der Waals surface area contributed by atoms with Gasteiger partial charge in [0.25, 0.3) is 0 Å². The van der Waals surface area contributed by atoms with Gasteiger partial charge in [-0.1, -0.05) is 108 Å². The summed E-state index contributed by atoms with van der Waals surface area (Å²) in [6, 6.07) is 13.6. The van der Waals surface area contributed by atoms with Crippen molar-refractivity contribution < 1.29 is 0 Å². The number of hydrogen-bond donors (Lipinski definition) is 1. The Kier molecular flexibility index (Phi) is 10.2. The van der Waals surface area contributed by atoms with Crippen molar-refractivity contribution in [3.63, 3.8) is 0 Å². The molecule has 2 nitrogen and oxygen atoms in total. The van der Waals surface area contributed by atoms with Crippen molar-refractivity contribution in [2.75, 3.05) is 0 Å². The average molecular weight is 431 g/mol. The first kappa shape index (κ1) is 24.5. The lowest BCUT2D eigenvalue weighted by Gasteiger charge is -2.17. The molecule has 1 aliphatic carbocycles. The molecule has 1 aliphatic rings. The van der Waals surface area contributed by atoms with Gasteiger partial charge in [0.05, 0.1) is 11.7 Å². The van der Waals surface area contributed by atoms with Gasteiger partial charge in [-0.3, -0.25) is 0 Å². The van der Waals surface area contributed by atoms with Crippen LogP contribution in [0.3, 0.4) is 0 Å². The highest BCUT2D eigenvalue weighted by molar-refractivity contribution is 5.84. The molecule has 3 rings (SSSR count). The molecule has 32 heavy (non-hydrogen) atoms. The van der Waals surface area contributed by atoms with E-state index < -0.39 is 0 Å². The standard InChI is InChI=1S/C30H42N2/c1-3-5-7-9-11-13-17-25-21-28-26-19-16-15-18-24(26)22-29(28)30(32-23-31)27(25)20-14-12-10-8-6-4-2/h15-16,18-19,21,31H,3-14,17,20,22H2,1-2H3. The number of rotatable bonds is 15. The molecular weight excluding hydrogens is 388 g/mol. The van der Waals surface area contributed by atoms with Crippen molar-refractivity contribution in [2.45, 2.75) is 110 Å². The van der Waals surface area contributed by atoms with E-state index in [2.05, 4.69) is 55.2 Å². The SMILES string of the molecule is CCCCCCCCc1cc2c(c(N=C=N)c1CCCCCCCC)Cc1ccccc1-2. The minimum absolute atomic E-state index is 0.937. The van der Waals surface area contributed by atoms with Crippen LogP contribution in [-0.4, -0.2) is 6.01 Å². The van der Waals surface area contributed by atoms with E-state index in [0.717, 1.165) is 24.9 Å². The van der Waals surface area contributed by atoms with E-state index in [1.807, 2.05) is 0 Å². The minimum Gasteiger partial charge on any atom is -0.241 e. The molecule has 0 bridgehead atoms. The number of fused-ring (bicyclic) bond motifs is 3. The second-order valence-corrected chi connectivity index (χ2v) is 9.48. The zero-order chi connectivity index (χ0) is 22.6. The first-order valence-corrected chi connectivity index (χ1v) is 13.2. The number of unbranched alkanes of at least 4 members (excludes halogenated alkanes) is 10. The fraction of sp³-hybridized carbons (Fsp3) is 0.567. The van der Waals surface area contributed by atoms with Gasteiger partial charge in [-0.15, -0.1) is 0 Å². The quantitative estimate of drug-likeness (QED) is 0.184. The van der Waals surface area contributed by atoms with Gasteiger partial charge < -0.3 is 0 Å². The second kappa shape index (κ2) is 13.4. The first-order valence-electron chi connectivity index (χ1n) is 13.2. The third kappa shape index (κ3) is 6.42. The molecule has 0 unspecified atom stereocenters. The fourth-order valence-electron chi connectivity index (χ4n) is 5.23. The molecule has 172 valence electrons. The van der Waals surface area contributed by atoms with Crippen molar-refractivity contribution in [1.82, 2.24) is 0 Å². The van der Waals surface area contributed by atoms with Crippen LogP contribution in [0.1, 0.15) is 113 Å². The highest BCUT2D eigenvalue weighted by atomic mass is 14.7. The molecule has 0 atom stereocenters. The van der Waals surface area contributed by atoms with E-state index in [4.69, 9.17) is 5.41 Å². The molecule has 0 aromatic heterocycles. The highest BCUT2D eigenvalue weighted by Gasteiger charge is 2.25. The summed E-state index contributed by atoms with van der Waals surface area (Å²) in [7, 11) is 0. The van der Waals surface area contributed by atoms with Crippen molar-refractivity contribution in [2.24, 2.45) is 4.99 Å². The van der Waals surface area contributed by atoms with Crippen molar-refractivity contribution in [3.05, 3.63) is 52.6 Å². The fourth-order valence-corrected chi connectivity index (χ4v) is 5.23. The maximum absolute atomic E-state index is 7.64. The van der Waals surface area contributed by atoms with Crippen molar-refractivity contribution in [3.8, 4) is 11.1 Å². The lowest BCUT2D eigenvalue weighted by atomic mass is 9.89. The Hall–Kier alpha value is -2.18. The van der Waals surface area contributed by atoms with Crippen LogP contribution in [0.5, 0.6) is 0 Å². The van der Waals surface area contributed by atoms with E-state index in [1.54, 1.807) is 0 Å². The summed E-state index contributed by atoms with van der Waals surface area (Å²) in [6.45, 7) is 4.56. The number of hydrogen-bond acceptors (Lipinski definition) is 2. The Morgan fingerprint density at radius 3 is 2.09 bits per heavy atom. The van der Waals surface area contributed by atoms with Crippen LogP contribution in [0, 0.1) is 5.41 Å². The molecule has 0 saturated carbocycles. The molecule has 1 N–H and O–H groups in total. The molecule has 0 radical (unpaired) electrons. The van der Waals surface area contributed by atoms with E-state index >= 15 is 0 Å². The smallest absolute Gasteiger partial charge is 0.0918 e. The van der Waals surface area contributed by atoms with Gasteiger partial charge >= 0.3 is 0 Å². The monoisotopic (exact) mass is 430 g/mol. The summed E-state index contributed by atoms with van der Waals surface area (Å²) in [6.07, 6.45) is 18.9. The zero-order valence-electron chi connectivity index (χ0n) is 20.4. The van der Waals surface area contributed by atoms with Crippen LogP contribution in [-0.2, 0) is 19.3 Å². The number of aryl methyl sites for hydroxylation is 1. The highest BCUT2D eigenvalue weighted by Crippen LogP contribution is 2.45. The summed E-state index contributed by atoms with van der Waals surface area (Å²) in [4.78, 5) is 4.54. The minimum atomic E-state index is 0.937. The molecule has 0 amide bonds. The topological polar surface area (TPSA) is 36.2 Å². The largest absolute Gasteiger partial charge is 0.241 e. The predicted octanol–water partition coefficient (Wildman–Crippen LogP) is 9.45. The van der Waals surface area contributed by atoms with Crippen LogP contribution in [0.15, 0.2) is 35.3 Å². The lowest BCUT2D eigenvalue weighted by Crippen LogP contribution is -2.00. The van der Waals surface area contributed by atoms with E-state index in [0.29, 0.717) is 0 Å². The molecule has 0 heterocycles. The third-order valence-corrected chi connectivity index (χ3v) is 7.03. The molecule has 0 spiro atoms. The maximum Gasteiger partial charge on any atom is 0.0918 e. The van der Waals surface area contributed by atoms with Crippen LogP contribution in [0.4, 0.5) is 5.69 Å². The lowest BCUT2D eigenvalue weighted by molar-refractivity contribution is 0.599. The van der Waals surface area contributed by atoms with Crippen LogP contribution in [0.2, 0.25) is 0 Å². The molecule has 0 saturated heterocycles. The molecule has 0 fully saturated rings. The molecule has 2 aromatic rings. The van der Waals surface area contributed by atoms with Gasteiger partial charge in [0.15, 0.2) is 0 Å². The van der Waals surface area contributed by atoms with E-state index in [1.165, 1.54) is 110 Å². The van der Waals surface area contributed by atoms with Crippen LogP contribution in [0.25, 0.3) is 11.1 Å². The Morgan fingerprint density at radius 1 is 0.781 bits per heavy atom. The number of nitrogens with zero attached hydrogens (tertiary/aromatic N) is 1.